The van der Waals surface area contributed by atoms with Gasteiger partial charge in [0.05, 0.1) is 6.61 Å². The highest BCUT2D eigenvalue weighted by Gasteiger charge is 2.16. The molecule has 2 nitrogen and oxygen atoms in total. The van der Waals surface area contributed by atoms with Crippen molar-refractivity contribution in [3.8, 4) is 0 Å². The number of hydrogen-bond donors (Lipinski definition) is 1. The first-order chi connectivity index (χ1) is 7.16. The molecule has 0 aliphatic rings. The van der Waals surface area contributed by atoms with Crippen LogP contribution in [0.15, 0.2) is 18.2 Å². The molecule has 0 heterocycles. The Balaban J connectivity index is 2.68. The maximum Gasteiger partial charge on any atom is 0.130 e. The fraction of sp³-hybridized carbons (Fsp3) is 0.455. The average molecular weight is 233 g/mol. The minimum Gasteiger partial charge on any atom is -0.386 e. The van der Waals surface area contributed by atoms with E-state index in [9.17, 15) is 9.50 Å². The van der Waals surface area contributed by atoms with Gasteiger partial charge in [-0.1, -0.05) is 24.6 Å². The van der Waals surface area contributed by atoms with Crippen LogP contribution in [0.5, 0.6) is 0 Å². The van der Waals surface area contributed by atoms with Gasteiger partial charge in [0.2, 0.25) is 0 Å². The largest absolute Gasteiger partial charge is 0.386 e. The molecule has 0 amide bonds. The molecule has 1 atom stereocenters. The molecule has 1 aromatic rings. The summed E-state index contributed by atoms with van der Waals surface area (Å²) in [6.07, 6.45) is -0.150. The van der Waals surface area contributed by atoms with Crippen LogP contribution in [0.25, 0.3) is 0 Å². The topological polar surface area (TPSA) is 29.5 Å². The third-order valence-corrected chi connectivity index (χ3v) is 2.29. The van der Waals surface area contributed by atoms with Crippen LogP contribution in [0, 0.1) is 5.82 Å². The summed E-state index contributed by atoms with van der Waals surface area (Å²) in [4.78, 5) is 0. The predicted octanol–water partition coefficient (Wildman–Crippen LogP) is 2.94. The van der Waals surface area contributed by atoms with Crippen LogP contribution in [0.3, 0.4) is 0 Å². The van der Waals surface area contributed by atoms with Gasteiger partial charge in [-0.15, -0.1) is 0 Å². The number of halogens is 2. The lowest BCUT2D eigenvalue weighted by molar-refractivity contribution is 0.0347. The maximum atomic E-state index is 13.3. The highest BCUT2D eigenvalue weighted by atomic mass is 35.5. The zero-order chi connectivity index (χ0) is 11.3. The van der Waals surface area contributed by atoms with E-state index < -0.39 is 11.9 Å². The van der Waals surface area contributed by atoms with Gasteiger partial charge >= 0.3 is 0 Å². The Morgan fingerprint density at radius 3 is 2.87 bits per heavy atom. The number of aliphatic hydroxyl groups excluding tert-OH is 1. The Morgan fingerprint density at radius 1 is 1.53 bits per heavy atom. The lowest BCUT2D eigenvalue weighted by Gasteiger charge is -2.13. The van der Waals surface area contributed by atoms with E-state index in [1.54, 1.807) is 6.07 Å². The zero-order valence-electron chi connectivity index (χ0n) is 8.54. The van der Waals surface area contributed by atoms with Gasteiger partial charge in [0.15, 0.2) is 0 Å². The summed E-state index contributed by atoms with van der Waals surface area (Å²) in [7, 11) is 0. The summed E-state index contributed by atoms with van der Waals surface area (Å²) in [6, 6.07) is 4.31. The van der Waals surface area contributed by atoms with Gasteiger partial charge in [-0.05, 0) is 18.6 Å². The molecule has 0 aromatic heterocycles. The lowest BCUT2D eigenvalue weighted by Crippen LogP contribution is -2.10. The summed E-state index contributed by atoms with van der Waals surface area (Å²) in [5.41, 5.74) is 0.107. The third-order valence-electron chi connectivity index (χ3n) is 1.96. The second kappa shape index (κ2) is 6.05. The van der Waals surface area contributed by atoms with Gasteiger partial charge in [-0.25, -0.2) is 4.39 Å². The standard InChI is InChI=1S/C11H14ClFO2/c1-2-6-15-7-10(14)11-8(12)4-3-5-9(11)13/h3-5,10,14H,2,6-7H2,1H3. The second-order valence-corrected chi connectivity index (χ2v) is 3.63. The molecule has 1 rings (SSSR count). The SMILES string of the molecule is CCCOCC(O)c1c(F)cccc1Cl. The van der Waals surface area contributed by atoms with Crippen molar-refractivity contribution < 1.29 is 14.2 Å². The van der Waals surface area contributed by atoms with Crippen LogP contribution in [0.2, 0.25) is 5.02 Å². The quantitative estimate of drug-likeness (QED) is 0.791. The first-order valence-corrected chi connectivity index (χ1v) is 5.24. The molecule has 0 aliphatic heterocycles. The van der Waals surface area contributed by atoms with Gasteiger partial charge in [0.25, 0.3) is 0 Å². The Hall–Kier alpha value is -0.640. The molecule has 0 radical (unpaired) electrons. The van der Waals surface area contributed by atoms with E-state index in [4.69, 9.17) is 16.3 Å². The molecule has 0 aliphatic carbocycles. The number of aliphatic hydroxyl groups is 1. The van der Waals surface area contributed by atoms with Gasteiger partial charge < -0.3 is 9.84 Å². The number of hydrogen-bond acceptors (Lipinski definition) is 2. The van der Waals surface area contributed by atoms with E-state index in [1.807, 2.05) is 6.92 Å². The van der Waals surface area contributed by atoms with Crippen molar-refractivity contribution in [1.29, 1.82) is 0 Å². The Labute approximate surface area is 93.6 Å². The molecule has 84 valence electrons. The Bertz CT molecular complexity index is 297. The van der Waals surface area contributed by atoms with Crippen molar-refractivity contribution in [2.45, 2.75) is 19.4 Å². The molecule has 0 bridgehead atoms. The lowest BCUT2D eigenvalue weighted by atomic mass is 10.1. The number of ether oxygens (including phenoxy) is 1. The van der Waals surface area contributed by atoms with Gasteiger partial charge in [-0.2, -0.15) is 0 Å². The van der Waals surface area contributed by atoms with Crippen molar-refractivity contribution >= 4 is 11.6 Å². The van der Waals surface area contributed by atoms with E-state index in [0.29, 0.717) is 6.61 Å². The van der Waals surface area contributed by atoms with Crippen LogP contribution in [-0.4, -0.2) is 18.3 Å². The maximum absolute atomic E-state index is 13.3. The highest BCUT2D eigenvalue weighted by Crippen LogP contribution is 2.25. The van der Waals surface area contributed by atoms with Crippen molar-refractivity contribution in [2.75, 3.05) is 13.2 Å². The van der Waals surface area contributed by atoms with Crippen LogP contribution < -0.4 is 0 Å². The van der Waals surface area contributed by atoms with Crippen molar-refractivity contribution in [2.24, 2.45) is 0 Å². The molecule has 0 saturated carbocycles. The molecule has 1 N–H and O–H groups in total. The summed E-state index contributed by atoms with van der Waals surface area (Å²) < 4.78 is 18.4. The smallest absolute Gasteiger partial charge is 0.130 e. The van der Waals surface area contributed by atoms with E-state index in [2.05, 4.69) is 0 Å². The fourth-order valence-electron chi connectivity index (χ4n) is 1.25. The first-order valence-electron chi connectivity index (χ1n) is 4.86. The molecule has 0 spiro atoms. The molecule has 0 fully saturated rings. The minimum absolute atomic E-state index is 0.0640. The summed E-state index contributed by atoms with van der Waals surface area (Å²) >= 11 is 5.78. The average Bonchev–Trinajstić information content (AvgIpc) is 2.18. The Kier molecular flexibility index (Phi) is 5.02. The molecule has 1 aromatic carbocycles. The first kappa shape index (κ1) is 12.4. The molecule has 15 heavy (non-hydrogen) atoms. The van der Waals surface area contributed by atoms with E-state index in [1.165, 1.54) is 12.1 Å². The van der Waals surface area contributed by atoms with Crippen LogP contribution in [-0.2, 0) is 4.74 Å². The fourth-order valence-corrected chi connectivity index (χ4v) is 1.54. The van der Waals surface area contributed by atoms with E-state index in [0.717, 1.165) is 6.42 Å². The second-order valence-electron chi connectivity index (χ2n) is 3.23. The van der Waals surface area contributed by atoms with Crippen LogP contribution in [0.4, 0.5) is 4.39 Å². The summed E-state index contributed by atoms with van der Waals surface area (Å²) in [6.45, 7) is 2.57. The summed E-state index contributed by atoms with van der Waals surface area (Å²) in [5, 5.41) is 9.88. The van der Waals surface area contributed by atoms with Gasteiger partial charge in [0, 0.05) is 17.2 Å². The van der Waals surface area contributed by atoms with E-state index >= 15 is 0 Å². The van der Waals surface area contributed by atoms with Gasteiger partial charge in [0.1, 0.15) is 11.9 Å². The number of benzene rings is 1. The highest BCUT2D eigenvalue weighted by molar-refractivity contribution is 6.31. The molecular formula is C11H14ClFO2. The zero-order valence-corrected chi connectivity index (χ0v) is 9.30. The van der Waals surface area contributed by atoms with Crippen LogP contribution >= 0.6 is 11.6 Å². The molecule has 1 unspecified atom stereocenters. The van der Waals surface area contributed by atoms with Crippen LogP contribution in [0.1, 0.15) is 25.0 Å². The van der Waals surface area contributed by atoms with Gasteiger partial charge in [-0.3, -0.25) is 0 Å². The third kappa shape index (κ3) is 3.45. The normalized spacial score (nSPS) is 12.8. The predicted molar refractivity (Wildman–Crippen MR) is 57.5 cm³/mol. The minimum atomic E-state index is -1.01. The van der Waals surface area contributed by atoms with E-state index in [-0.39, 0.29) is 17.2 Å². The molecular weight excluding hydrogens is 219 g/mol. The molecule has 0 saturated heterocycles. The van der Waals surface area contributed by atoms with Crippen molar-refractivity contribution in [3.63, 3.8) is 0 Å². The Morgan fingerprint density at radius 2 is 2.27 bits per heavy atom. The molecule has 4 heteroatoms. The number of rotatable bonds is 5. The monoisotopic (exact) mass is 232 g/mol. The van der Waals surface area contributed by atoms with Crippen molar-refractivity contribution in [1.82, 2.24) is 0 Å². The van der Waals surface area contributed by atoms with Crippen molar-refractivity contribution in [3.05, 3.63) is 34.6 Å². The summed E-state index contributed by atoms with van der Waals surface area (Å²) in [5.74, 6) is -0.505.